The maximum atomic E-state index is 5.29. The molecular weight excluding hydrogens is 244 g/mol. The van der Waals surface area contributed by atoms with E-state index in [4.69, 9.17) is 4.74 Å². The van der Waals surface area contributed by atoms with Gasteiger partial charge in [0.25, 0.3) is 0 Å². The SMILES string of the molecule is CCC1CCC(c2ccc3cc(OC)ccc3c2)CC1. The van der Waals surface area contributed by atoms with Gasteiger partial charge in [-0.2, -0.15) is 0 Å². The number of benzene rings is 2. The molecule has 106 valence electrons. The molecule has 0 unspecified atom stereocenters. The van der Waals surface area contributed by atoms with Gasteiger partial charge in [-0.25, -0.2) is 0 Å². The molecule has 0 atom stereocenters. The van der Waals surface area contributed by atoms with Gasteiger partial charge in [0.2, 0.25) is 0 Å². The van der Waals surface area contributed by atoms with Crippen molar-refractivity contribution < 1.29 is 4.74 Å². The Balaban J connectivity index is 1.82. The molecule has 1 aliphatic carbocycles. The summed E-state index contributed by atoms with van der Waals surface area (Å²) in [5.74, 6) is 2.67. The third-order valence-electron chi connectivity index (χ3n) is 4.97. The summed E-state index contributed by atoms with van der Waals surface area (Å²) in [4.78, 5) is 0. The molecule has 0 radical (unpaired) electrons. The standard InChI is InChI=1S/C19H24O/c1-3-14-4-6-15(7-5-14)16-8-9-18-13-19(20-2)11-10-17(18)12-16/h8-15H,3-7H2,1-2H3. The first-order valence-electron chi connectivity index (χ1n) is 7.88. The van der Waals surface area contributed by atoms with Crippen LogP contribution in [-0.2, 0) is 0 Å². The van der Waals surface area contributed by atoms with E-state index in [-0.39, 0.29) is 0 Å². The van der Waals surface area contributed by atoms with Crippen LogP contribution in [0.15, 0.2) is 36.4 Å². The third kappa shape index (κ3) is 2.67. The number of rotatable bonds is 3. The Labute approximate surface area is 122 Å². The van der Waals surface area contributed by atoms with E-state index in [0.717, 1.165) is 17.6 Å². The topological polar surface area (TPSA) is 9.23 Å². The number of hydrogen-bond acceptors (Lipinski definition) is 1. The second kappa shape index (κ2) is 5.87. The molecule has 2 aromatic rings. The zero-order valence-corrected chi connectivity index (χ0v) is 12.6. The van der Waals surface area contributed by atoms with Crippen molar-refractivity contribution in [2.45, 2.75) is 44.9 Å². The summed E-state index contributed by atoms with van der Waals surface area (Å²) >= 11 is 0. The fourth-order valence-electron chi connectivity index (χ4n) is 3.53. The Hall–Kier alpha value is -1.50. The predicted molar refractivity (Wildman–Crippen MR) is 85.5 cm³/mol. The Morgan fingerprint density at radius 2 is 1.65 bits per heavy atom. The minimum atomic E-state index is 0.768. The van der Waals surface area contributed by atoms with Gasteiger partial charge in [0, 0.05) is 0 Å². The average Bonchev–Trinajstić information content (AvgIpc) is 2.54. The predicted octanol–water partition coefficient (Wildman–Crippen LogP) is 5.53. The van der Waals surface area contributed by atoms with Gasteiger partial charge in [-0.05, 0) is 66.0 Å². The minimum absolute atomic E-state index is 0.768. The van der Waals surface area contributed by atoms with Crippen LogP contribution in [0.2, 0.25) is 0 Å². The second-order valence-electron chi connectivity index (χ2n) is 6.10. The lowest BCUT2D eigenvalue weighted by Gasteiger charge is -2.28. The van der Waals surface area contributed by atoms with Crippen LogP contribution in [0.5, 0.6) is 5.75 Å². The number of methoxy groups -OCH3 is 1. The fourth-order valence-corrected chi connectivity index (χ4v) is 3.53. The Kier molecular flexibility index (Phi) is 3.95. The first-order chi connectivity index (χ1) is 9.80. The van der Waals surface area contributed by atoms with Crippen molar-refractivity contribution in [2.75, 3.05) is 7.11 Å². The lowest BCUT2D eigenvalue weighted by atomic mass is 9.77. The van der Waals surface area contributed by atoms with Crippen LogP contribution >= 0.6 is 0 Å². The van der Waals surface area contributed by atoms with Crippen LogP contribution in [0.25, 0.3) is 10.8 Å². The molecule has 20 heavy (non-hydrogen) atoms. The molecule has 0 heterocycles. The highest BCUT2D eigenvalue weighted by atomic mass is 16.5. The molecule has 1 heteroatoms. The van der Waals surface area contributed by atoms with Crippen LogP contribution < -0.4 is 4.74 Å². The normalized spacial score (nSPS) is 22.9. The summed E-state index contributed by atoms with van der Waals surface area (Å²) < 4.78 is 5.29. The highest BCUT2D eigenvalue weighted by Crippen LogP contribution is 2.37. The summed E-state index contributed by atoms with van der Waals surface area (Å²) in [5.41, 5.74) is 1.53. The first-order valence-corrected chi connectivity index (χ1v) is 7.88. The van der Waals surface area contributed by atoms with E-state index in [2.05, 4.69) is 43.3 Å². The zero-order chi connectivity index (χ0) is 13.9. The summed E-state index contributed by atoms with van der Waals surface area (Å²) in [6, 6.07) is 13.3. The Bertz CT molecular complexity index is 579. The molecule has 0 amide bonds. The monoisotopic (exact) mass is 268 g/mol. The van der Waals surface area contributed by atoms with Gasteiger partial charge in [0.05, 0.1) is 7.11 Å². The molecule has 0 N–H and O–H groups in total. The smallest absolute Gasteiger partial charge is 0.119 e. The van der Waals surface area contributed by atoms with Crippen LogP contribution in [0.3, 0.4) is 0 Å². The molecule has 1 fully saturated rings. The summed E-state index contributed by atoms with van der Waals surface area (Å²) in [6.07, 6.45) is 6.88. The summed E-state index contributed by atoms with van der Waals surface area (Å²) in [6.45, 7) is 2.33. The van der Waals surface area contributed by atoms with E-state index in [0.29, 0.717) is 0 Å². The Morgan fingerprint density at radius 3 is 2.35 bits per heavy atom. The highest BCUT2D eigenvalue weighted by Gasteiger charge is 2.21. The fraction of sp³-hybridized carbons (Fsp3) is 0.474. The molecule has 0 aromatic heterocycles. The lowest BCUT2D eigenvalue weighted by Crippen LogP contribution is -2.12. The summed E-state index contributed by atoms with van der Waals surface area (Å²) in [5, 5.41) is 2.61. The zero-order valence-electron chi connectivity index (χ0n) is 12.6. The highest BCUT2D eigenvalue weighted by molar-refractivity contribution is 5.84. The maximum Gasteiger partial charge on any atom is 0.119 e. The number of hydrogen-bond donors (Lipinski definition) is 0. The van der Waals surface area contributed by atoms with E-state index in [1.165, 1.54) is 48.4 Å². The van der Waals surface area contributed by atoms with Gasteiger partial charge < -0.3 is 4.74 Å². The van der Waals surface area contributed by atoms with E-state index in [9.17, 15) is 0 Å². The van der Waals surface area contributed by atoms with Crippen molar-refractivity contribution in [3.8, 4) is 5.75 Å². The van der Waals surface area contributed by atoms with Gasteiger partial charge in [-0.15, -0.1) is 0 Å². The van der Waals surface area contributed by atoms with Crippen molar-refractivity contribution in [1.82, 2.24) is 0 Å². The van der Waals surface area contributed by atoms with Gasteiger partial charge in [-0.1, -0.05) is 37.6 Å². The van der Waals surface area contributed by atoms with Crippen molar-refractivity contribution >= 4 is 10.8 Å². The molecule has 0 aliphatic heterocycles. The van der Waals surface area contributed by atoms with Crippen LogP contribution in [0.1, 0.15) is 50.5 Å². The first kappa shape index (κ1) is 13.5. The van der Waals surface area contributed by atoms with E-state index in [1.807, 2.05) is 0 Å². The molecule has 0 bridgehead atoms. The molecule has 1 nitrogen and oxygen atoms in total. The molecule has 3 rings (SSSR count). The number of ether oxygens (including phenoxy) is 1. The molecule has 1 aliphatic rings. The van der Waals surface area contributed by atoms with E-state index >= 15 is 0 Å². The van der Waals surface area contributed by atoms with Crippen molar-refractivity contribution in [3.05, 3.63) is 42.0 Å². The largest absolute Gasteiger partial charge is 0.497 e. The molecule has 0 spiro atoms. The van der Waals surface area contributed by atoms with Crippen molar-refractivity contribution in [1.29, 1.82) is 0 Å². The second-order valence-corrected chi connectivity index (χ2v) is 6.10. The maximum absolute atomic E-state index is 5.29. The van der Waals surface area contributed by atoms with E-state index in [1.54, 1.807) is 7.11 Å². The third-order valence-corrected chi connectivity index (χ3v) is 4.97. The molecule has 0 saturated heterocycles. The average molecular weight is 268 g/mol. The molecule has 2 aromatic carbocycles. The van der Waals surface area contributed by atoms with Crippen LogP contribution in [0, 0.1) is 5.92 Å². The van der Waals surface area contributed by atoms with Crippen LogP contribution in [0.4, 0.5) is 0 Å². The van der Waals surface area contributed by atoms with E-state index < -0.39 is 0 Å². The number of fused-ring (bicyclic) bond motifs is 1. The minimum Gasteiger partial charge on any atom is -0.497 e. The van der Waals surface area contributed by atoms with Crippen molar-refractivity contribution in [3.63, 3.8) is 0 Å². The van der Waals surface area contributed by atoms with Gasteiger partial charge in [0.1, 0.15) is 5.75 Å². The summed E-state index contributed by atoms with van der Waals surface area (Å²) in [7, 11) is 1.72. The lowest BCUT2D eigenvalue weighted by molar-refractivity contribution is 0.319. The van der Waals surface area contributed by atoms with Crippen LogP contribution in [-0.4, -0.2) is 7.11 Å². The van der Waals surface area contributed by atoms with Gasteiger partial charge in [-0.3, -0.25) is 0 Å². The van der Waals surface area contributed by atoms with Crippen molar-refractivity contribution in [2.24, 2.45) is 5.92 Å². The molecular formula is C19H24O. The quantitative estimate of drug-likeness (QED) is 0.711. The van der Waals surface area contributed by atoms with Gasteiger partial charge in [0.15, 0.2) is 0 Å². The van der Waals surface area contributed by atoms with Gasteiger partial charge >= 0.3 is 0 Å². The Morgan fingerprint density at radius 1 is 0.950 bits per heavy atom. The molecule has 1 saturated carbocycles.